The molecule has 0 bridgehead atoms. The summed E-state index contributed by atoms with van der Waals surface area (Å²) >= 11 is 1.46. The summed E-state index contributed by atoms with van der Waals surface area (Å²) in [5.41, 5.74) is -0.539. The van der Waals surface area contributed by atoms with Crippen LogP contribution < -0.4 is 25.4 Å². The van der Waals surface area contributed by atoms with Crippen LogP contribution in [0.1, 0.15) is 66.7 Å². The quantitative estimate of drug-likeness (QED) is 0.103. The van der Waals surface area contributed by atoms with Gasteiger partial charge in [0.25, 0.3) is 0 Å². The Bertz CT molecular complexity index is 2060. The highest BCUT2D eigenvalue weighted by Gasteiger charge is 2.61. The van der Waals surface area contributed by atoms with E-state index in [-0.39, 0.29) is 31.5 Å². The number of pyridine rings is 1. The molecule has 3 amide bonds. The van der Waals surface area contributed by atoms with E-state index in [0.29, 0.717) is 58.8 Å². The van der Waals surface area contributed by atoms with Gasteiger partial charge < -0.3 is 44.9 Å². The third kappa shape index (κ3) is 8.87. The van der Waals surface area contributed by atoms with Crippen LogP contribution in [0.5, 0.6) is 11.5 Å². The summed E-state index contributed by atoms with van der Waals surface area (Å²) in [4.78, 5) is 65.7. The number of aromatic nitrogens is 2. The van der Waals surface area contributed by atoms with Crippen LogP contribution in [0.3, 0.4) is 0 Å². The number of likely N-dealkylation sites (tertiary alicyclic amines) is 1. The number of rotatable bonds is 16. The van der Waals surface area contributed by atoms with Crippen molar-refractivity contribution in [2.75, 3.05) is 32.2 Å². The van der Waals surface area contributed by atoms with Gasteiger partial charge in [0.2, 0.25) is 11.8 Å². The zero-order valence-corrected chi connectivity index (χ0v) is 34.7. The predicted molar refractivity (Wildman–Crippen MR) is 218 cm³/mol. The van der Waals surface area contributed by atoms with Gasteiger partial charge in [-0.1, -0.05) is 26.8 Å². The highest BCUT2D eigenvalue weighted by molar-refractivity contribution is 7.14. The second-order valence-electron chi connectivity index (χ2n) is 17.4. The topological polar surface area (TPSA) is 191 Å². The number of carbonyl (C=O) groups is 4. The van der Waals surface area contributed by atoms with Gasteiger partial charge >= 0.3 is 12.1 Å². The zero-order chi connectivity index (χ0) is 41.5. The second-order valence-corrected chi connectivity index (χ2v) is 18.2. The van der Waals surface area contributed by atoms with Crippen molar-refractivity contribution in [3.63, 3.8) is 0 Å². The molecule has 0 spiro atoms. The number of hydrogen-bond acceptors (Lipinski definition) is 12. The number of thiazole rings is 1. The summed E-state index contributed by atoms with van der Waals surface area (Å²) in [5, 5.41) is 22.3. The molecule has 15 nitrogen and oxygen atoms in total. The van der Waals surface area contributed by atoms with Crippen LogP contribution in [-0.2, 0) is 23.9 Å². The van der Waals surface area contributed by atoms with E-state index >= 15 is 0 Å². The highest BCUT2D eigenvalue weighted by Crippen LogP contribution is 2.52. The first-order valence-corrected chi connectivity index (χ1v) is 20.9. The van der Waals surface area contributed by atoms with Crippen LogP contribution in [0, 0.1) is 23.2 Å². The van der Waals surface area contributed by atoms with Crippen molar-refractivity contribution in [2.24, 2.45) is 23.2 Å². The number of hydrogen-bond donors (Lipinski definition) is 4. The van der Waals surface area contributed by atoms with Gasteiger partial charge in [0.1, 0.15) is 53.6 Å². The van der Waals surface area contributed by atoms with E-state index in [2.05, 4.69) is 22.5 Å². The largest absolute Gasteiger partial charge is 0.491 e. The molecule has 3 unspecified atom stereocenters. The number of amides is 3. The summed E-state index contributed by atoms with van der Waals surface area (Å²) in [5.74, 6) is -0.521. The fraction of sp³-hybridized carbons (Fsp3) is 0.571. The smallest absolute Gasteiger partial charge is 0.408 e. The third-order valence-corrected chi connectivity index (χ3v) is 12.3. The SMILES string of the molecule is C=CC1C[C@]1(NC(=O)C1C[C@@H](Oc2cc(-c3csc(NC(C)C)n3)nc3cc(OCCOC)ccc23)CN1C(=O)[C@@H](NC(=O)OC1C[C@@H]2C[C@@H]2C1)C(C)(C)C)C(=O)O. The lowest BCUT2D eigenvalue weighted by atomic mass is 9.85. The molecule has 3 aliphatic carbocycles. The Kier molecular flexibility index (Phi) is 11.6. The number of carboxylic acid groups (broad SMARTS) is 1. The lowest BCUT2D eigenvalue weighted by molar-refractivity contribution is -0.146. The van der Waals surface area contributed by atoms with Crippen LogP contribution >= 0.6 is 11.3 Å². The molecule has 58 heavy (non-hydrogen) atoms. The van der Waals surface area contributed by atoms with Crippen molar-refractivity contribution < 1.29 is 43.2 Å². The lowest BCUT2D eigenvalue weighted by Crippen LogP contribution is -2.59. The van der Waals surface area contributed by atoms with Crippen molar-refractivity contribution in [1.82, 2.24) is 25.5 Å². The molecule has 3 saturated carbocycles. The molecule has 4 aliphatic rings. The van der Waals surface area contributed by atoms with Gasteiger partial charge in [-0.15, -0.1) is 17.9 Å². The van der Waals surface area contributed by atoms with Gasteiger partial charge in [0.15, 0.2) is 5.13 Å². The number of alkyl carbamates (subject to hydrolysis) is 1. The Hall–Kier alpha value is -4.96. The van der Waals surface area contributed by atoms with E-state index in [9.17, 15) is 24.3 Å². The van der Waals surface area contributed by atoms with Crippen LogP contribution in [0.4, 0.5) is 9.93 Å². The first-order valence-electron chi connectivity index (χ1n) is 20.0. The normalized spacial score (nSPS) is 26.4. The highest BCUT2D eigenvalue weighted by atomic mass is 32.1. The van der Waals surface area contributed by atoms with Crippen LogP contribution in [0.15, 0.2) is 42.3 Å². The summed E-state index contributed by atoms with van der Waals surface area (Å²) in [7, 11) is 1.60. The molecule has 2 aromatic heterocycles. The van der Waals surface area contributed by atoms with Gasteiger partial charge in [-0.2, -0.15) is 0 Å². The van der Waals surface area contributed by atoms with Crippen molar-refractivity contribution in [2.45, 2.75) is 103 Å². The summed E-state index contributed by atoms with van der Waals surface area (Å²) in [6.45, 7) is 14.0. The molecule has 1 aromatic carbocycles. The van der Waals surface area contributed by atoms with E-state index in [1.807, 2.05) is 58.2 Å². The van der Waals surface area contributed by atoms with Crippen LogP contribution in [-0.4, -0.2) is 107 Å². The van der Waals surface area contributed by atoms with Crippen LogP contribution in [0.25, 0.3) is 22.3 Å². The maximum atomic E-state index is 14.7. The maximum absolute atomic E-state index is 14.7. The monoisotopic (exact) mass is 818 g/mol. The molecule has 3 heterocycles. The Morgan fingerprint density at radius 1 is 1.05 bits per heavy atom. The van der Waals surface area contributed by atoms with E-state index in [0.717, 1.165) is 18.0 Å². The molecule has 4 N–H and O–H groups in total. The minimum absolute atomic E-state index is 0.0201. The maximum Gasteiger partial charge on any atom is 0.408 e. The minimum Gasteiger partial charge on any atom is -0.491 e. The van der Waals surface area contributed by atoms with E-state index < -0.39 is 58.9 Å². The molecule has 0 radical (unpaired) electrons. The van der Waals surface area contributed by atoms with Gasteiger partial charge in [0.05, 0.1) is 24.4 Å². The van der Waals surface area contributed by atoms with Crippen LogP contribution in [0.2, 0.25) is 0 Å². The van der Waals surface area contributed by atoms with Crippen molar-refractivity contribution in [1.29, 1.82) is 0 Å². The first-order chi connectivity index (χ1) is 27.6. The minimum atomic E-state index is -1.52. The first kappa shape index (κ1) is 41.2. The van der Waals surface area contributed by atoms with Gasteiger partial charge in [-0.05, 0) is 68.9 Å². The third-order valence-electron chi connectivity index (χ3n) is 11.5. The summed E-state index contributed by atoms with van der Waals surface area (Å²) in [6, 6.07) is 5.26. The fourth-order valence-electron chi connectivity index (χ4n) is 8.19. The van der Waals surface area contributed by atoms with Gasteiger partial charge in [-0.3, -0.25) is 9.59 Å². The molecule has 312 valence electrons. The Balaban J connectivity index is 1.19. The Labute approximate surface area is 342 Å². The van der Waals surface area contributed by atoms with E-state index in [4.69, 9.17) is 28.9 Å². The number of nitrogens with zero attached hydrogens (tertiary/aromatic N) is 3. The molecular formula is C42H54N6O9S. The molecule has 16 heteroatoms. The van der Waals surface area contributed by atoms with Gasteiger partial charge in [0, 0.05) is 48.4 Å². The molecule has 8 atom stereocenters. The molecule has 4 fully saturated rings. The number of carbonyl (C=O) groups excluding carboxylic acids is 3. The van der Waals surface area contributed by atoms with Gasteiger partial charge in [-0.25, -0.2) is 19.6 Å². The molecule has 1 aliphatic heterocycles. The zero-order valence-electron chi connectivity index (χ0n) is 33.9. The Morgan fingerprint density at radius 3 is 2.47 bits per heavy atom. The average molecular weight is 819 g/mol. The number of carboxylic acids is 1. The number of anilines is 1. The summed E-state index contributed by atoms with van der Waals surface area (Å²) < 4.78 is 23.6. The van der Waals surface area contributed by atoms with E-state index in [1.54, 1.807) is 13.2 Å². The number of aliphatic carboxylic acids is 1. The standard InChI is InChI=1S/C42H54N6O9S/c1-8-25-19-42(25,38(51)52)47-36(49)33-17-28(20-48(33)37(50)35(41(4,5)6)46-40(53)57-27-14-23-13-24(23)15-27)56-34-18-31(32-21-58-39(45-32)43-22(2)3)44-30-16-26(9-10-29(30)34)55-12-11-54-7/h8-10,16,18,21-25,27-28,33,35H,1,11-15,17,19-20H2,2-7H3,(H,43,45)(H,46,53)(H,47,49)(H,51,52)/t23-,24+,25?,27?,28-,33?,35-,42-/m1/s1. The summed E-state index contributed by atoms with van der Waals surface area (Å²) in [6.07, 6.45) is 2.98. The average Bonchev–Trinajstić information content (AvgIpc) is 3.83. The van der Waals surface area contributed by atoms with Crippen molar-refractivity contribution in [3.8, 4) is 22.9 Å². The number of ether oxygens (including phenoxy) is 4. The number of benzene rings is 1. The molecule has 7 rings (SSSR count). The van der Waals surface area contributed by atoms with Crippen molar-refractivity contribution >= 4 is 51.2 Å². The lowest BCUT2D eigenvalue weighted by Gasteiger charge is -2.35. The predicted octanol–water partition coefficient (Wildman–Crippen LogP) is 5.64. The molecule has 3 aromatic rings. The second kappa shape index (κ2) is 16.4. The Morgan fingerprint density at radius 2 is 1.81 bits per heavy atom. The van der Waals surface area contributed by atoms with Crippen molar-refractivity contribution in [3.05, 3.63) is 42.3 Å². The molecule has 1 saturated heterocycles. The molecular weight excluding hydrogens is 765 g/mol. The fourth-order valence-corrected chi connectivity index (χ4v) is 9.04. The number of methoxy groups -OCH3 is 1. The number of fused-ring (bicyclic) bond motifs is 2. The number of nitrogens with one attached hydrogen (secondary N) is 3. The van der Waals surface area contributed by atoms with E-state index in [1.165, 1.54) is 28.7 Å².